The Morgan fingerprint density at radius 3 is 2.29 bits per heavy atom. The number of hydrogen-bond acceptors (Lipinski definition) is 8. The highest BCUT2D eigenvalue weighted by molar-refractivity contribution is 7.80. The Kier molecular flexibility index (Phi) is 7.31. The van der Waals surface area contributed by atoms with Crippen LogP contribution in [-0.2, 0) is 0 Å². The van der Waals surface area contributed by atoms with Gasteiger partial charge in [-0.1, -0.05) is 0 Å². The molecule has 1 saturated heterocycles. The second-order valence-corrected chi connectivity index (χ2v) is 8.10. The van der Waals surface area contributed by atoms with E-state index in [1.54, 1.807) is 33.2 Å². The molecule has 1 aliphatic heterocycles. The first kappa shape index (κ1) is 23.6. The van der Waals surface area contributed by atoms with Crippen LogP contribution in [0.2, 0.25) is 0 Å². The van der Waals surface area contributed by atoms with Crippen molar-refractivity contribution in [3.05, 3.63) is 36.4 Å². The normalized spacial score (nSPS) is 13.9. The van der Waals surface area contributed by atoms with Crippen LogP contribution in [-0.4, -0.2) is 71.7 Å². The van der Waals surface area contributed by atoms with E-state index in [2.05, 4.69) is 25.6 Å². The largest absolute Gasteiger partial charge is 0.497 e. The van der Waals surface area contributed by atoms with Crippen LogP contribution < -0.4 is 24.3 Å². The molecular weight excluding hydrogens is 456 g/mol. The molecule has 11 heteroatoms. The Labute approximate surface area is 203 Å². The zero-order valence-electron chi connectivity index (χ0n) is 19.6. The van der Waals surface area contributed by atoms with Gasteiger partial charge in [-0.3, -0.25) is 0 Å². The molecule has 0 bridgehead atoms. The molecule has 34 heavy (non-hydrogen) atoms. The second-order valence-electron chi connectivity index (χ2n) is 7.72. The topological polar surface area (TPSA) is 95.8 Å². The lowest BCUT2D eigenvalue weighted by Gasteiger charge is -2.33. The maximum absolute atomic E-state index is 5.66. The summed E-state index contributed by atoms with van der Waals surface area (Å²) in [5.41, 5.74) is 1.59. The van der Waals surface area contributed by atoms with E-state index >= 15 is 0 Å². The summed E-state index contributed by atoms with van der Waals surface area (Å²) in [7, 11) is 6.46. The average molecular weight is 485 g/mol. The molecule has 1 aliphatic rings. The van der Waals surface area contributed by atoms with E-state index in [1.807, 2.05) is 36.4 Å². The molecule has 0 saturated carbocycles. The van der Waals surface area contributed by atoms with Gasteiger partial charge in [0.25, 0.3) is 0 Å². The molecule has 0 atom stereocenters. The van der Waals surface area contributed by atoms with Crippen molar-refractivity contribution in [3.63, 3.8) is 0 Å². The maximum atomic E-state index is 5.66. The number of hydrogen-bond donors (Lipinski definition) is 1. The van der Waals surface area contributed by atoms with Gasteiger partial charge in [-0.15, -0.1) is 10.2 Å². The van der Waals surface area contributed by atoms with Gasteiger partial charge in [-0.25, -0.2) is 0 Å². The summed E-state index contributed by atoms with van der Waals surface area (Å²) in [6, 6.07) is 11.3. The molecule has 4 rings (SSSR count). The molecule has 2 aromatic carbocycles. The maximum Gasteiger partial charge on any atom is 0.205 e. The Hall–Kier alpha value is -3.60. The van der Waals surface area contributed by atoms with Gasteiger partial charge in [0.1, 0.15) is 11.5 Å². The number of likely N-dealkylation sites (tertiary alicyclic amines) is 1. The molecule has 0 unspecified atom stereocenters. The van der Waals surface area contributed by atoms with Crippen molar-refractivity contribution in [2.24, 2.45) is 0 Å². The van der Waals surface area contributed by atoms with E-state index in [-0.39, 0.29) is 6.04 Å². The third kappa shape index (κ3) is 4.98. The van der Waals surface area contributed by atoms with Crippen molar-refractivity contribution in [1.29, 1.82) is 0 Å². The summed E-state index contributed by atoms with van der Waals surface area (Å²) >= 11 is 5.66. The lowest BCUT2D eigenvalue weighted by molar-refractivity contribution is 0.238. The Morgan fingerprint density at radius 2 is 1.62 bits per heavy atom. The van der Waals surface area contributed by atoms with Gasteiger partial charge in [0.2, 0.25) is 5.82 Å². The fourth-order valence-corrected chi connectivity index (χ4v) is 4.17. The van der Waals surface area contributed by atoms with Gasteiger partial charge >= 0.3 is 0 Å². The minimum absolute atomic E-state index is 0.145. The van der Waals surface area contributed by atoms with Crippen molar-refractivity contribution in [3.8, 4) is 34.4 Å². The quantitative estimate of drug-likeness (QED) is 0.503. The smallest absolute Gasteiger partial charge is 0.205 e. The number of rotatable bonds is 7. The molecule has 0 amide bonds. The van der Waals surface area contributed by atoms with Gasteiger partial charge < -0.3 is 29.2 Å². The number of methoxy groups -OCH3 is 4. The van der Waals surface area contributed by atoms with E-state index in [9.17, 15) is 0 Å². The van der Waals surface area contributed by atoms with Gasteiger partial charge in [0.05, 0.1) is 40.2 Å². The lowest BCUT2D eigenvalue weighted by atomic mass is 10.1. The van der Waals surface area contributed by atoms with Crippen molar-refractivity contribution in [2.45, 2.75) is 18.9 Å². The van der Waals surface area contributed by atoms with Gasteiger partial charge in [-0.2, -0.15) is 4.80 Å². The van der Waals surface area contributed by atoms with Crippen LogP contribution in [0.5, 0.6) is 23.0 Å². The molecule has 0 spiro atoms. The first-order chi connectivity index (χ1) is 16.6. The number of thiocarbonyl (C=S) groups is 1. The Morgan fingerprint density at radius 1 is 0.912 bits per heavy atom. The fourth-order valence-electron chi connectivity index (χ4n) is 3.88. The third-order valence-corrected chi connectivity index (χ3v) is 6.16. The SMILES string of the molecule is COc1ccc(OC)c(NC(=S)N2CCC(n3nnc(-c4ccc(OC)c(OC)c4)n3)CC2)c1. The summed E-state index contributed by atoms with van der Waals surface area (Å²) in [6.45, 7) is 1.55. The van der Waals surface area contributed by atoms with Crippen molar-refractivity contribution < 1.29 is 18.9 Å². The van der Waals surface area contributed by atoms with Crippen LogP contribution in [0.15, 0.2) is 36.4 Å². The van der Waals surface area contributed by atoms with Crippen molar-refractivity contribution in [2.75, 3.05) is 46.8 Å². The van der Waals surface area contributed by atoms with E-state index in [4.69, 9.17) is 31.2 Å². The predicted octanol–water partition coefficient (Wildman–Crippen LogP) is 3.41. The molecule has 1 N–H and O–H groups in total. The number of ether oxygens (including phenoxy) is 4. The first-order valence-corrected chi connectivity index (χ1v) is 11.3. The monoisotopic (exact) mass is 484 g/mol. The number of nitrogens with one attached hydrogen (secondary N) is 1. The van der Waals surface area contributed by atoms with E-state index in [1.165, 1.54) is 0 Å². The predicted molar refractivity (Wildman–Crippen MR) is 132 cm³/mol. The van der Waals surface area contributed by atoms with Crippen LogP contribution in [0.1, 0.15) is 18.9 Å². The van der Waals surface area contributed by atoms with Gasteiger partial charge in [-0.05, 0) is 60.6 Å². The fraction of sp³-hybridized carbons (Fsp3) is 0.391. The molecule has 2 heterocycles. The minimum atomic E-state index is 0.145. The third-order valence-electron chi connectivity index (χ3n) is 5.80. The molecule has 180 valence electrons. The summed E-state index contributed by atoms with van der Waals surface area (Å²) < 4.78 is 21.4. The molecule has 0 aliphatic carbocycles. The minimum Gasteiger partial charge on any atom is -0.497 e. The summed E-state index contributed by atoms with van der Waals surface area (Å²) in [4.78, 5) is 3.84. The van der Waals surface area contributed by atoms with Crippen LogP contribution in [0.25, 0.3) is 11.4 Å². The highest BCUT2D eigenvalue weighted by Gasteiger charge is 2.25. The zero-order valence-corrected chi connectivity index (χ0v) is 20.5. The highest BCUT2D eigenvalue weighted by atomic mass is 32.1. The molecule has 3 aromatic rings. The molecule has 1 aromatic heterocycles. The second kappa shape index (κ2) is 10.6. The first-order valence-electron chi connectivity index (χ1n) is 10.9. The lowest BCUT2D eigenvalue weighted by Crippen LogP contribution is -2.41. The van der Waals surface area contributed by atoms with Crippen LogP contribution in [0, 0.1) is 0 Å². The Bertz CT molecular complexity index is 1150. The molecule has 1 fully saturated rings. The molecule has 10 nitrogen and oxygen atoms in total. The number of nitrogens with zero attached hydrogens (tertiary/aromatic N) is 5. The average Bonchev–Trinajstić information content (AvgIpc) is 3.38. The van der Waals surface area contributed by atoms with Crippen LogP contribution >= 0.6 is 12.2 Å². The van der Waals surface area contributed by atoms with Crippen molar-refractivity contribution in [1.82, 2.24) is 25.1 Å². The van der Waals surface area contributed by atoms with E-state index < -0.39 is 0 Å². The van der Waals surface area contributed by atoms with Gasteiger partial charge in [0, 0.05) is 24.7 Å². The van der Waals surface area contributed by atoms with Crippen molar-refractivity contribution >= 4 is 23.0 Å². The highest BCUT2D eigenvalue weighted by Crippen LogP contribution is 2.32. The zero-order chi connectivity index (χ0) is 24.1. The number of aromatic nitrogens is 4. The Balaban J connectivity index is 1.38. The number of tetrazole rings is 1. The van der Waals surface area contributed by atoms with E-state index in [0.29, 0.717) is 28.2 Å². The number of benzene rings is 2. The number of piperidine rings is 1. The number of anilines is 1. The molecular formula is C23H28N6O4S. The molecule has 0 radical (unpaired) electrons. The van der Waals surface area contributed by atoms with Crippen LogP contribution in [0.3, 0.4) is 0 Å². The standard InChI is InChI=1S/C23H28N6O4S/c1-30-17-6-8-19(31-2)18(14-17)24-23(34)28-11-9-16(10-12-28)29-26-22(25-27-29)15-5-7-20(32-3)21(13-15)33-4/h5-8,13-14,16H,9-12H2,1-4H3,(H,24,34). The summed E-state index contributed by atoms with van der Waals surface area (Å²) in [5.74, 6) is 3.26. The summed E-state index contributed by atoms with van der Waals surface area (Å²) in [5, 5.41) is 17.1. The summed E-state index contributed by atoms with van der Waals surface area (Å²) in [6.07, 6.45) is 1.69. The van der Waals surface area contributed by atoms with Gasteiger partial charge in [0.15, 0.2) is 16.6 Å². The van der Waals surface area contributed by atoms with E-state index in [0.717, 1.165) is 42.9 Å². The van der Waals surface area contributed by atoms with Crippen LogP contribution in [0.4, 0.5) is 5.69 Å².